The van der Waals surface area contributed by atoms with E-state index in [0.29, 0.717) is 34.6 Å². The number of aromatic nitrogens is 5. The fourth-order valence-electron chi connectivity index (χ4n) is 4.64. The standard InChI is InChI=1S/C26H19ClFN7O2/c1-26(14-4-7-16(27)19(36)11-14)20-21(29)32-22(33-23(20)34-25(26)37)18-12-35-9-8-30-24(35)17(31-18)10-13-2-5-15(28)6-3-13/h2-9,11-12,36H,10H2,1H3,(H3,29,32,33,34,37)/t26-/m0/s1. The van der Waals surface area contributed by atoms with Crippen LogP contribution in [0.3, 0.4) is 0 Å². The fraction of sp³-hybridized carbons (Fsp3) is 0.115. The van der Waals surface area contributed by atoms with Gasteiger partial charge in [0.1, 0.15) is 34.3 Å². The molecule has 184 valence electrons. The van der Waals surface area contributed by atoms with E-state index in [1.165, 1.54) is 24.3 Å². The van der Waals surface area contributed by atoms with Gasteiger partial charge in [0.2, 0.25) is 5.91 Å². The van der Waals surface area contributed by atoms with Gasteiger partial charge in [-0.15, -0.1) is 0 Å². The van der Waals surface area contributed by atoms with Gasteiger partial charge in [-0.25, -0.2) is 24.3 Å². The largest absolute Gasteiger partial charge is 0.506 e. The van der Waals surface area contributed by atoms with Gasteiger partial charge in [-0.05, 0) is 42.3 Å². The minimum Gasteiger partial charge on any atom is -0.506 e. The Morgan fingerprint density at radius 2 is 1.95 bits per heavy atom. The van der Waals surface area contributed by atoms with Gasteiger partial charge in [0.25, 0.3) is 0 Å². The van der Waals surface area contributed by atoms with Crippen molar-refractivity contribution in [2.75, 3.05) is 11.1 Å². The molecule has 1 aliphatic heterocycles. The number of imidazole rings is 1. The van der Waals surface area contributed by atoms with Crippen LogP contribution in [0, 0.1) is 5.82 Å². The number of fused-ring (bicyclic) bond motifs is 2. The fourth-order valence-corrected chi connectivity index (χ4v) is 4.76. The summed E-state index contributed by atoms with van der Waals surface area (Å²) in [6.07, 6.45) is 5.56. The summed E-state index contributed by atoms with van der Waals surface area (Å²) < 4.78 is 15.2. The van der Waals surface area contributed by atoms with Crippen LogP contribution in [-0.4, -0.2) is 35.4 Å². The molecule has 0 aliphatic carbocycles. The quantitative estimate of drug-likeness (QED) is 0.328. The number of anilines is 2. The third-order valence-corrected chi connectivity index (χ3v) is 6.92. The zero-order valence-electron chi connectivity index (χ0n) is 19.4. The average molecular weight is 516 g/mol. The number of aromatic hydroxyl groups is 1. The Bertz CT molecular complexity index is 1720. The Kier molecular flexibility index (Phi) is 5.09. The van der Waals surface area contributed by atoms with E-state index in [4.69, 9.17) is 22.3 Å². The number of hydrogen-bond donors (Lipinski definition) is 3. The second-order valence-electron chi connectivity index (χ2n) is 8.94. The molecule has 11 heteroatoms. The molecule has 2 aromatic carbocycles. The van der Waals surface area contributed by atoms with Crippen molar-refractivity contribution in [2.24, 2.45) is 0 Å². The number of amides is 1. The molecule has 4 heterocycles. The first-order valence-electron chi connectivity index (χ1n) is 11.3. The lowest BCUT2D eigenvalue weighted by molar-refractivity contribution is -0.119. The van der Waals surface area contributed by atoms with Crippen molar-refractivity contribution >= 4 is 34.8 Å². The smallest absolute Gasteiger partial charge is 0.240 e. The van der Waals surface area contributed by atoms with Crippen LogP contribution in [0.25, 0.3) is 17.2 Å². The number of benzene rings is 2. The summed E-state index contributed by atoms with van der Waals surface area (Å²) in [5, 5.41) is 13.1. The minimum absolute atomic E-state index is 0.0999. The monoisotopic (exact) mass is 515 g/mol. The van der Waals surface area contributed by atoms with Gasteiger partial charge in [0.15, 0.2) is 11.5 Å². The van der Waals surface area contributed by atoms with Crippen LogP contribution in [0.5, 0.6) is 5.75 Å². The zero-order chi connectivity index (χ0) is 25.9. The van der Waals surface area contributed by atoms with Gasteiger partial charge >= 0.3 is 0 Å². The molecule has 0 fully saturated rings. The van der Waals surface area contributed by atoms with Crippen molar-refractivity contribution in [3.8, 4) is 17.3 Å². The number of carbonyl (C=O) groups is 1. The Morgan fingerprint density at radius 1 is 1.16 bits per heavy atom. The molecule has 4 N–H and O–H groups in total. The number of phenols is 1. The van der Waals surface area contributed by atoms with Gasteiger partial charge in [0.05, 0.1) is 16.3 Å². The van der Waals surface area contributed by atoms with Crippen LogP contribution < -0.4 is 11.1 Å². The molecule has 5 aromatic rings. The highest BCUT2D eigenvalue weighted by Crippen LogP contribution is 2.46. The molecule has 0 saturated heterocycles. The summed E-state index contributed by atoms with van der Waals surface area (Å²) >= 11 is 5.96. The number of nitrogens with one attached hydrogen (secondary N) is 1. The second-order valence-corrected chi connectivity index (χ2v) is 9.34. The molecule has 1 atom stereocenters. The number of nitrogen functional groups attached to an aromatic ring is 1. The second kappa shape index (κ2) is 8.24. The van der Waals surface area contributed by atoms with Gasteiger partial charge < -0.3 is 20.6 Å². The maximum Gasteiger partial charge on any atom is 0.240 e. The average Bonchev–Trinajstić information content (AvgIpc) is 3.45. The van der Waals surface area contributed by atoms with Crippen molar-refractivity contribution in [2.45, 2.75) is 18.8 Å². The SMILES string of the molecule is C[C@@]1(c2ccc(Cl)c(O)c2)C(=O)Nc2nc(-c3cn4ccnc4c(Cc4ccc(F)cc4)n3)nc(N)c21. The first kappa shape index (κ1) is 22.9. The molecule has 37 heavy (non-hydrogen) atoms. The molecule has 3 aromatic heterocycles. The summed E-state index contributed by atoms with van der Waals surface area (Å²) in [6, 6.07) is 10.8. The Labute approximate surface area is 214 Å². The van der Waals surface area contributed by atoms with Gasteiger partial charge in [-0.3, -0.25) is 4.79 Å². The maximum atomic E-state index is 13.4. The minimum atomic E-state index is -1.24. The third kappa shape index (κ3) is 3.64. The number of phenolic OH excluding ortho intramolecular Hbond substituents is 1. The normalized spacial score (nSPS) is 16.7. The highest BCUT2D eigenvalue weighted by Gasteiger charge is 2.47. The first-order valence-corrected chi connectivity index (χ1v) is 11.7. The predicted octanol–water partition coefficient (Wildman–Crippen LogP) is 4.12. The van der Waals surface area contributed by atoms with Crippen LogP contribution in [0.2, 0.25) is 5.02 Å². The first-order chi connectivity index (χ1) is 17.7. The van der Waals surface area contributed by atoms with E-state index in [9.17, 15) is 14.3 Å². The molecular formula is C26H19ClFN7O2. The predicted molar refractivity (Wildman–Crippen MR) is 136 cm³/mol. The van der Waals surface area contributed by atoms with Gasteiger partial charge in [-0.1, -0.05) is 29.8 Å². The molecule has 1 amide bonds. The van der Waals surface area contributed by atoms with Gasteiger partial charge in [0, 0.05) is 25.0 Å². The molecule has 0 spiro atoms. The molecule has 9 nitrogen and oxygen atoms in total. The number of carbonyl (C=O) groups excluding carboxylic acids is 1. The Hall–Kier alpha value is -4.57. The molecule has 0 unspecified atom stereocenters. The van der Waals surface area contributed by atoms with Gasteiger partial charge in [-0.2, -0.15) is 0 Å². The molecule has 0 saturated carbocycles. The van der Waals surface area contributed by atoms with Crippen LogP contribution in [0.1, 0.15) is 29.3 Å². The summed E-state index contributed by atoms with van der Waals surface area (Å²) in [5.74, 6) is -0.251. The molecule has 1 aliphatic rings. The van der Waals surface area contributed by atoms with Crippen LogP contribution in [0.4, 0.5) is 16.0 Å². The molecule has 0 bridgehead atoms. The number of halogens is 2. The lowest BCUT2D eigenvalue weighted by atomic mass is 9.77. The Morgan fingerprint density at radius 3 is 2.70 bits per heavy atom. The number of nitrogens with two attached hydrogens (primary N) is 1. The van der Waals surface area contributed by atoms with Crippen molar-refractivity contribution in [3.05, 3.63) is 94.3 Å². The van der Waals surface area contributed by atoms with Crippen LogP contribution in [0.15, 0.2) is 61.1 Å². The number of rotatable bonds is 4. The lowest BCUT2D eigenvalue weighted by Gasteiger charge is -2.23. The Balaban J connectivity index is 1.45. The number of nitrogens with zero attached hydrogens (tertiary/aromatic N) is 5. The van der Waals surface area contributed by atoms with E-state index in [1.54, 1.807) is 48.1 Å². The number of hydrogen-bond acceptors (Lipinski definition) is 7. The van der Waals surface area contributed by atoms with Crippen molar-refractivity contribution in [3.63, 3.8) is 0 Å². The highest BCUT2D eigenvalue weighted by molar-refractivity contribution is 6.32. The third-order valence-electron chi connectivity index (χ3n) is 6.60. The van der Waals surface area contributed by atoms with Crippen LogP contribution in [-0.2, 0) is 16.6 Å². The van der Waals surface area contributed by atoms with E-state index in [-0.39, 0.29) is 40.0 Å². The maximum absolute atomic E-state index is 13.4. The zero-order valence-corrected chi connectivity index (χ0v) is 20.2. The lowest BCUT2D eigenvalue weighted by Crippen LogP contribution is -2.32. The van der Waals surface area contributed by atoms with E-state index in [0.717, 1.165) is 5.56 Å². The topological polar surface area (TPSA) is 131 Å². The van der Waals surface area contributed by atoms with Crippen molar-refractivity contribution in [1.29, 1.82) is 0 Å². The van der Waals surface area contributed by atoms with E-state index >= 15 is 0 Å². The van der Waals surface area contributed by atoms with E-state index in [2.05, 4.69) is 20.3 Å². The summed E-state index contributed by atoms with van der Waals surface area (Å²) in [5.41, 5.74) is 8.63. The summed E-state index contributed by atoms with van der Waals surface area (Å²) in [6.45, 7) is 1.69. The van der Waals surface area contributed by atoms with Crippen LogP contribution >= 0.6 is 11.6 Å². The van der Waals surface area contributed by atoms with Crippen molar-refractivity contribution in [1.82, 2.24) is 24.3 Å². The molecule has 6 rings (SSSR count). The highest BCUT2D eigenvalue weighted by atomic mass is 35.5. The molecule has 0 radical (unpaired) electrons. The molecular weight excluding hydrogens is 497 g/mol. The summed E-state index contributed by atoms with van der Waals surface area (Å²) in [4.78, 5) is 31.4. The van der Waals surface area contributed by atoms with Crippen molar-refractivity contribution < 1.29 is 14.3 Å². The summed E-state index contributed by atoms with van der Waals surface area (Å²) in [7, 11) is 0. The van der Waals surface area contributed by atoms with E-state index in [1.807, 2.05) is 0 Å². The van der Waals surface area contributed by atoms with E-state index < -0.39 is 5.41 Å².